The van der Waals surface area contributed by atoms with Crippen LogP contribution in [-0.2, 0) is 6.54 Å². The second-order valence-corrected chi connectivity index (χ2v) is 8.40. The molecule has 1 aliphatic heterocycles. The predicted molar refractivity (Wildman–Crippen MR) is 121 cm³/mol. The number of hydrogen-bond donors (Lipinski definition) is 0. The number of aryl methyl sites for hydroxylation is 1. The molecule has 1 unspecified atom stereocenters. The topological polar surface area (TPSA) is 37.4 Å². The highest BCUT2D eigenvalue weighted by Crippen LogP contribution is 2.38. The summed E-state index contributed by atoms with van der Waals surface area (Å²) in [6.45, 7) is 1.41. The van der Waals surface area contributed by atoms with Crippen molar-refractivity contribution in [3.05, 3.63) is 111 Å². The number of allylic oxidation sites excluding steroid dienone is 1. The summed E-state index contributed by atoms with van der Waals surface area (Å²) in [5.74, 6) is -3.48. The van der Waals surface area contributed by atoms with Crippen LogP contribution in [0.15, 0.2) is 66.7 Å². The van der Waals surface area contributed by atoms with E-state index in [1.165, 1.54) is 13.0 Å². The third-order valence-corrected chi connectivity index (χ3v) is 5.90. The summed E-state index contributed by atoms with van der Waals surface area (Å²) in [5, 5.41) is -0.366. The maximum Gasteiger partial charge on any atom is 0.399 e. The van der Waals surface area contributed by atoms with Gasteiger partial charge in [-0.3, -0.25) is 14.5 Å². The van der Waals surface area contributed by atoms with Gasteiger partial charge in [0.1, 0.15) is 5.82 Å². The highest BCUT2D eigenvalue weighted by atomic mass is 35.5. The standard InChI is InChI=1S/C26H18ClF4NO2/c1-15-12-18(13-22(27)23(15)28)21(26(29,30)31)11-10-16-6-8-17(9-7-16)14-32-24(33)19-4-2-3-5-20(19)25(32)34/h2-13,21H,14H2,1H3/b11-10+. The van der Waals surface area contributed by atoms with Crippen molar-refractivity contribution in [2.45, 2.75) is 25.6 Å². The first-order valence-corrected chi connectivity index (χ1v) is 10.7. The Labute approximate surface area is 198 Å². The molecule has 1 aliphatic rings. The van der Waals surface area contributed by atoms with Crippen molar-refractivity contribution in [3.63, 3.8) is 0 Å². The van der Waals surface area contributed by atoms with Gasteiger partial charge in [0.15, 0.2) is 0 Å². The minimum atomic E-state index is -4.60. The fraction of sp³-hybridized carbons (Fsp3) is 0.154. The van der Waals surface area contributed by atoms with E-state index in [4.69, 9.17) is 11.6 Å². The van der Waals surface area contributed by atoms with Gasteiger partial charge in [-0.1, -0.05) is 66.2 Å². The quantitative estimate of drug-likeness (QED) is 0.289. The van der Waals surface area contributed by atoms with E-state index in [0.717, 1.165) is 23.1 Å². The predicted octanol–water partition coefficient (Wildman–Crippen LogP) is 6.94. The molecule has 174 valence electrons. The van der Waals surface area contributed by atoms with E-state index in [1.807, 2.05) is 0 Å². The Morgan fingerprint density at radius 3 is 2.09 bits per heavy atom. The molecular formula is C26H18ClF4NO2. The lowest BCUT2D eigenvalue weighted by Gasteiger charge is -2.18. The van der Waals surface area contributed by atoms with Crippen LogP contribution in [0, 0.1) is 12.7 Å². The molecule has 1 atom stereocenters. The third kappa shape index (κ3) is 4.61. The molecule has 0 spiro atoms. The number of alkyl halides is 3. The van der Waals surface area contributed by atoms with Crippen LogP contribution in [0.3, 0.4) is 0 Å². The number of imide groups is 1. The van der Waals surface area contributed by atoms with Crippen molar-refractivity contribution >= 4 is 29.5 Å². The number of fused-ring (bicyclic) bond motifs is 1. The van der Waals surface area contributed by atoms with E-state index in [0.29, 0.717) is 22.3 Å². The van der Waals surface area contributed by atoms with Gasteiger partial charge >= 0.3 is 6.18 Å². The zero-order valence-corrected chi connectivity index (χ0v) is 18.6. The first-order chi connectivity index (χ1) is 16.1. The number of hydrogen-bond acceptors (Lipinski definition) is 2. The van der Waals surface area contributed by atoms with E-state index in [9.17, 15) is 27.2 Å². The Morgan fingerprint density at radius 1 is 0.971 bits per heavy atom. The number of carbonyl (C=O) groups is 2. The molecule has 0 radical (unpaired) electrons. The fourth-order valence-electron chi connectivity index (χ4n) is 3.85. The number of amides is 2. The van der Waals surface area contributed by atoms with Crippen molar-refractivity contribution in [1.29, 1.82) is 0 Å². The molecule has 8 heteroatoms. The SMILES string of the molecule is Cc1cc(C(/C=C/c2ccc(CN3C(=O)c4ccccc4C3=O)cc2)C(F)(F)F)cc(Cl)c1F. The van der Waals surface area contributed by atoms with E-state index in [1.54, 1.807) is 48.5 Å². The van der Waals surface area contributed by atoms with Crippen LogP contribution in [0.2, 0.25) is 5.02 Å². The number of benzene rings is 3. The van der Waals surface area contributed by atoms with Gasteiger partial charge in [-0.25, -0.2) is 4.39 Å². The molecule has 0 bridgehead atoms. The number of rotatable bonds is 5. The molecule has 0 N–H and O–H groups in total. The Kier molecular flexibility index (Phi) is 6.32. The lowest BCUT2D eigenvalue weighted by molar-refractivity contribution is -0.139. The molecular weight excluding hydrogens is 470 g/mol. The fourth-order valence-corrected chi connectivity index (χ4v) is 4.12. The van der Waals surface area contributed by atoms with Gasteiger partial charge in [0.05, 0.1) is 28.6 Å². The van der Waals surface area contributed by atoms with Gasteiger partial charge in [0, 0.05) is 0 Å². The van der Waals surface area contributed by atoms with Crippen molar-refractivity contribution in [3.8, 4) is 0 Å². The average molecular weight is 488 g/mol. The molecule has 3 aromatic carbocycles. The van der Waals surface area contributed by atoms with E-state index in [-0.39, 0.29) is 34.5 Å². The summed E-state index contributed by atoms with van der Waals surface area (Å²) in [6.07, 6.45) is -2.30. The summed E-state index contributed by atoms with van der Waals surface area (Å²) in [7, 11) is 0. The first kappa shape index (κ1) is 23.7. The number of halogens is 5. The van der Waals surface area contributed by atoms with Gasteiger partial charge in [-0.15, -0.1) is 0 Å². The molecule has 0 saturated carbocycles. The lowest BCUT2D eigenvalue weighted by Crippen LogP contribution is -2.29. The summed E-state index contributed by atoms with van der Waals surface area (Å²) < 4.78 is 54.8. The van der Waals surface area contributed by atoms with Crippen LogP contribution in [0.25, 0.3) is 6.08 Å². The minimum Gasteiger partial charge on any atom is -0.270 e. The maximum atomic E-state index is 13.8. The molecule has 3 nitrogen and oxygen atoms in total. The second-order valence-electron chi connectivity index (χ2n) is 8.00. The first-order valence-electron chi connectivity index (χ1n) is 10.3. The molecule has 4 rings (SSSR count). The van der Waals surface area contributed by atoms with Crippen LogP contribution >= 0.6 is 11.6 Å². The van der Waals surface area contributed by atoms with Crippen LogP contribution in [0.5, 0.6) is 0 Å². The average Bonchev–Trinajstić information content (AvgIpc) is 3.03. The summed E-state index contributed by atoms with van der Waals surface area (Å²) >= 11 is 5.75. The highest BCUT2D eigenvalue weighted by Gasteiger charge is 2.39. The zero-order valence-electron chi connectivity index (χ0n) is 17.9. The van der Waals surface area contributed by atoms with Crippen LogP contribution < -0.4 is 0 Å². The van der Waals surface area contributed by atoms with E-state index < -0.39 is 17.9 Å². The van der Waals surface area contributed by atoms with Crippen molar-refractivity contribution < 1.29 is 27.2 Å². The molecule has 0 aliphatic carbocycles. The normalized spacial score (nSPS) is 14.7. The van der Waals surface area contributed by atoms with Gasteiger partial charge in [0.25, 0.3) is 11.8 Å². The van der Waals surface area contributed by atoms with Gasteiger partial charge < -0.3 is 0 Å². The number of nitrogens with zero attached hydrogens (tertiary/aromatic N) is 1. The largest absolute Gasteiger partial charge is 0.399 e. The Balaban J connectivity index is 1.52. The third-order valence-electron chi connectivity index (χ3n) is 5.62. The van der Waals surface area contributed by atoms with Crippen LogP contribution in [0.4, 0.5) is 17.6 Å². The van der Waals surface area contributed by atoms with Crippen molar-refractivity contribution in [2.24, 2.45) is 0 Å². The Hall–Kier alpha value is -3.45. The molecule has 0 aromatic heterocycles. The number of carbonyl (C=O) groups excluding carboxylic acids is 2. The Bertz CT molecular complexity index is 1240. The maximum absolute atomic E-state index is 13.8. The van der Waals surface area contributed by atoms with Crippen LogP contribution in [0.1, 0.15) is 48.9 Å². The Morgan fingerprint density at radius 2 is 1.56 bits per heavy atom. The minimum absolute atomic E-state index is 0.0302. The molecule has 0 fully saturated rings. The summed E-state index contributed by atoms with van der Waals surface area (Å²) in [4.78, 5) is 26.2. The molecule has 3 aromatic rings. The lowest BCUT2D eigenvalue weighted by atomic mass is 9.95. The monoisotopic (exact) mass is 487 g/mol. The van der Waals surface area contributed by atoms with Gasteiger partial charge in [-0.05, 0) is 47.4 Å². The molecule has 0 saturated heterocycles. The zero-order chi connectivity index (χ0) is 24.6. The summed E-state index contributed by atoms with van der Waals surface area (Å²) in [5.41, 5.74) is 1.71. The second kappa shape index (κ2) is 9.06. The van der Waals surface area contributed by atoms with Gasteiger partial charge in [0.2, 0.25) is 0 Å². The van der Waals surface area contributed by atoms with Crippen molar-refractivity contribution in [2.75, 3.05) is 0 Å². The molecule has 1 heterocycles. The molecule has 2 amide bonds. The van der Waals surface area contributed by atoms with Gasteiger partial charge in [-0.2, -0.15) is 13.2 Å². The van der Waals surface area contributed by atoms with Crippen molar-refractivity contribution in [1.82, 2.24) is 4.90 Å². The van der Waals surface area contributed by atoms with E-state index >= 15 is 0 Å². The highest BCUT2D eigenvalue weighted by molar-refractivity contribution is 6.30. The van der Waals surface area contributed by atoms with E-state index in [2.05, 4.69) is 0 Å². The smallest absolute Gasteiger partial charge is 0.270 e. The molecule has 34 heavy (non-hydrogen) atoms. The van der Waals surface area contributed by atoms with Crippen LogP contribution in [-0.4, -0.2) is 22.9 Å². The summed E-state index contributed by atoms with van der Waals surface area (Å²) in [6, 6.07) is 15.2.